The van der Waals surface area contributed by atoms with Gasteiger partial charge in [-0.15, -0.1) is 0 Å². The van der Waals surface area contributed by atoms with Gasteiger partial charge < -0.3 is 14.0 Å². The molecule has 0 aromatic heterocycles. The van der Waals surface area contributed by atoms with Gasteiger partial charge in [-0.25, -0.2) is 26.7 Å². The zero-order valence-corrected chi connectivity index (χ0v) is 25.9. The second-order valence-corrected chi connectivity index (χ2v) is 18.4. The molecule has 0 radical (unpaired) electrons. The van der Waals surface area contributed by atoms with E-state index in [4.69, 9.17) is 9.26 Å². The fourth-order valence-electron chi connectivity index (χ4n) is 8.35. The topological polar surface area (TPSA) is 57.1 Å². The van der Waals surface area contributed by atoms with Crippen molar-refractivity contribution >= 4 is 20.0 Å². The van der Waals surface area contributed by atoms with Gasteiger partial charge in [-0.2, -0.15) is 0 Å². The molecule has 11 heteroatoms. The average molecular weight is 614 g/mol. The number of hydrogen-bond donors (Lipinski definition) is 0. The average Bonchev–Trinajstić information content (AvgIpc) is 3.25. The van der Waals surface area contributed by atoms with Gasteiger partial charge in [0.25, 0.3) is 0 Å². The third-order valence-electron chi connectivity index (χ3n) is 10.4. The van der Waals surface area contributed by atoms with E-state index in [0.29, 0.717) is 36.0 Å². The van der Waals surface area contributed by atoms with E-state index in [2.05, 4.69) is 49.5 Å². The Bertz CT molecular complexity index is 1280. The van der Waals surface area contributed by atoms with Crippen LogP contribution in [0.1, 0.15) is 70.8 Å². The molecule has 0 heterocycles. The summed E-state index contributed by atoms with van der Waals surface area (Å²) in [5.74, 6) is -9.61. The maximum absolute atomic E-state index is 13.8. The molecule has 3 saturated carbocycles. The van der Waals surface area contributed by atoms with Crippen molar-refractivity contribution in [2.45, 2.75) is 97.6 Å². The predicted octanol–water partition coefficient (Wildman–Crippen LogP) is 7.98. The molecule has 0 aliphatic heterocycles. The molecule has 4 aliphatic carbocycles. The Morgan fingerprint density at radius 1 is 0.905 bits per heavy atom. The molecule has 0 unspecified atom stereocenters. The molecule has 5 nitrogen and oxygen atoms in total. The van der Waals surface area contributed by atoms with E-state index in [-0.39, 0.29) is 10.8 Å². The lowest BCUT2D eigenvalue weighted by Crippen LogP contribution is -2.52. The predicted molar refractivity (Wildman–Crippen MR) is 149 cm³/mol. The highest BCUT2D eigenvalue weighted by Crippen LogP contribution is 2.65. The van der Waals surface area contributed by atoms with Crippen molar-refractivity contribution in [3.63, 3.8) is 0 Å². The molecule has 42 heavy (non-hydrogen) atoms. The number of ether oxygens (including phenoxy) is 1. The van der Waals surface area contributed by atoms with Gasteiger partial charge in [-0.1, -0.05) is 24.6 Å². The minimum absolute atomic E-state index is 0.0910. The molecule has 0 spiro atoms. The number of rotatable bonds is 7. The van der Waals surface area contributed by atoms with E-state index in [0.717, 1.165) is 25.7 Å². The van der Waals surface area contributed by atoms with Crippen LogP contribution in [0, 0.1) is 57.7 Å². The third-order valence-corrected chi connectivity index (χ3v) is 11.4. The number of benzene rings is 1. The van der Waals surface area contributed by atoms with E-state index in [1.807, 2.05) is 0 Å². The highest BCUT2D eigenvalue weighted by atomic mass is 28.4. The van der Waals surface area contributed by atoms with Crippen LogP contribution in [0.3, 0.4) is 0 Å². The van der Waals surface area contributed by atoms with Crippen LogP contribution in [-0.4, -0.2) is 32.7 Å². The number of esters is 1. The van der Waals surface area contributed by atoms with Gasteiger partial charge in [0.15, 0.2) is 31.6 Å². The lowest BCUT2D eigenvalue weighted by molar-refractivity contribution is -0.150. The number of carbonyl (C=O) groups is 1. The molecule has 1 aromatic rings. The van der Waals surface area contributed by atoms with Gasteiger partial charge in [0.2, 0.25) is 12.4 Å². The zero-order valence-electron chi connectivity index (χ0n) is 24.9. The smallest absolute Gasteiger partial charge is 0.347 e. The third kappa shape index (κ3) is 5.55. The molecule has 4 aliphatic rings. The summed E-state index contributed by atoms with van der Waals surface area (Å²) in [4.78, 5) is 17.2. The van der Waals surface area contributed by atoms with Crippen LogP contribution < -0.4 is 0 Å². The first-order valence-electron chi connectivity index (χ1n) is 14.9. The van der Waals surface area contributed by atoms with Crippen LogP contribution in [0.5, 0.6) is 0 Å². The number of oxime groups is 1. The number of nitrogens with zero attached hydrogens (tertiary/aromatic N) is 1. The summed E-state index contributed by atoms with van der Waals surface area (Å²) in [5, 5.41) is 4.10. The van der Waals surface area contributed by atoms with Crippen LogP contribution in [-0.2, 0) is 25.4 Å². The fraction of sp³-hybridized carbons (Fsp3) is 0.677. The lowest BCUT2D eigenvalue weighted by Gasteiger charge is -2.58. The Morgan fingerprint density at radius 2 is 1.57 bits per heavy atom. The maximum atomic E-state index is 13.8. The van der Waals surface area contributed by atoms with Crippen LogP contribution in [0.2, 0.25) is 19.6 Å². The summed E-state index contributed by atoms with van der Waals surface area (Å²) in [5.41, 5.74) is 1.19. The quantitative estimate of drug-likeness (QED) is 0.0782. The Labute approximate surface area is 245 Å². The normalized spacial score (nSPS) is 33.5. The summed E-state index contributed by atoms with van der Waals surface area (Å²) in [7, 11) is -1.62. The van der Waals surface area contributed by atoms with Gasteiger partial charge in [-0.05, 0) is 106 Å². The van der Waals surface area contributed by atoms with Crippen molar-refractivity contribution < 1.29 is 40.7 Å². The molecule has 0 N–H and O–H groups in total. The Balaban J connectivity index is 1.19. The zero-order chi connectivity index (χ0) is 30.6. The number of fused-ring (bicyclic) bond motifs is 5. The fourth-order valence-corrected chi connectivity index (χ4v) is 9.60. The second-order valence-electron chi connectivity index (χ2n) is 13.9. The first-order valence-corrected chi connectivity index (χ1v) is 18.3. The van der Waals surface area contributed by atoms with Crippen molar-refractivity contribution in [3.05, 3.63) is 46.3 Å². The SMILES string of the molecule is C[C@]12CC[C@H]3[C@@H](CCC4=C/C(=N/OCC(=O)OCc5c(F)c(F)c(F)c(F)c5F)CC[C@@]43C)[C@@H]1CC[C@@H]2O[Si](C)(C)C. The standard InChI is InChI=1S/C31H40F5NO4Si/c1-30-12-10-18(37-40-16-24(38)39-15-20-25(32)27(34)29(36)28(35)26(20)33)14-17(30)6-7-19-21-8-9-23(41-42(3,4)5)31(21,2)13-11-22(19)30/h14,19,21-23H,6-13,15-16H2,1-5H3/b37-18+/t19-,21-,22-,23-,30-,31-/m0/s1. The number of hydrogen-bond acceptors (Lipinski definition) is 5. The molecule has 0 bridgehead atoms. The highest BCUT2D eigenvalue weighted by Gasteiger charge is 2.59. The van der Waals surface area contributed by atoms with E-state index in [1.165, 1.54) is 24.8 Å². The van der Waals surface area contributed by atoms with E-state index in [1.54, 1.807) is 0 Å². The van der Waals surface area contributed by atoms with Crippen molar-refractivity contribution in [1.82, 2.24) is 0 Å². The van der Waals surface area contributed by atoms with E-state index in [9.17, 15) is 26.7 Å². The Hall–Kier alpha value is -2.27. The molecule has 6 atom stereocenters. The Kier molecular flexibility index (Phi) is 8.41. The van der Waals surface area contributed by atoms with E-state index >= 15 is 0 Å². The Morgan fingerprint density at radius 3 is 2.24 bits per heavy atom. The molecule has 0 amide bonds. The highest BCUT2D eigenvalue weighted by molar-refractivity contribution is 6.69. The van der Waals surface area contributed by atoms with Crippen LogP contribution in [0.15, 0.2) is 16.8 Å². The largest absolute Gasteiger partial charge is 0.458 e. The monoisotopic (exact) mass is 613 g/mol. The minimum atomic E-state index is -2.27. The lowest BCUT2D eigenvalue weighted by atomic mass is 9.47. The number of allylic oxidation sites excluding steroid dienone is 2. The van der Waals surface area contributed by atoms with Crippen LogP contribution >= 0.6 is 0 Å². The molecule has 1 aromatic carbocycles. The molecule has 0 saturated heterocycles. The van der Waals surface area contributed by atoms with Gasteiger partial charge in [-0.3, -0.25) is 0 Å². The molecule has 232 valence electrons. The van der Waals surface area contributed by atoms with Gasteiger partial charge in [0, 0.05) is 0 Å². The maximum Gasteiger partial charge on any atom is 0.347 e. The van der Waals surface area contributed by atoms with Crippen molar-refractivity contribution in [1.29, 1.82) is 0 Å². The van der Waals surface area contributed by atoms with Crippen molar-refractivity contribution in [2.24, 2.45) is 33.7 Å². The van der Waals surface area contributed by atoms with Crippen LogP contribution in [0.25, 0.3) is 0 Å². The van der Waals surface area contributed by atoms with Crippen LogP contribution in [0.4, 0.5) is 22.0 Å². The van der Waals surface area contributed by atoms with Gasteiger partial charge in [0.05, 0.1) is 17.4 Å². The van der Waals surface area contributed by atoms with Crippen molar-refractivity contribution in [3.8, 4) is 0 Å². The summed E-state index contributed by atoms with van der Waals surface area (Å²) in [6.07, 6.45) is 11.0. The molecule has 3 fully saturated rings. The minimum Gasteiger partial charge on any atom is -0.458 e. The number of halogens is 5. The summed E-state index contributed by atoms with van der Waals surface area (Å²) >= 11 is 0. The second kappa shape index (κ2) is 11.3. The van der Waals surface area contributed by atoms with Gasteiger partial charge in [0.1, 0.15) is 6.61 Å². The first kappa shape index (κ1) is 31.2. The van der Waals surface area contributed by atoms with Gasteiger partial charge >= 0.3 is 5.97 Å². The van der Waals surface area contributed by atoms with E-state index < -0.39 is 62.2 Å². The number of carbonyl (C=O) groups excluding carboxylic acids is 1. The molecular formula is C31H40F5NO4Si. The van der Waals surface area contributed by atoms with Crippen molar-refractivity contribution in [2.75, 3.05) is 6.61 Å². The summed E-state index contributed by atoms with van der Waals surface area (Å²) < 4.78 is 78.9. The molecular weight excluding hydrogens is 573 g/mol. The first-order chi connectivity index (χ1) is 19.7. The summed E-state index contributed by atoms with van der Waals surface area (Å²) in [6.45, 7) is 9.91. The molecule has 5 rings (SSSR count). The summed E-state index contributed by atoms with van der Waals surface area (Å²) in [6, 6.07) is 0.